The Bertz CT molecular complexity index is 346. The van der Waals surface area contributed by atoms with Gasteiger partial charge in [-0.25, -0.2) is 0 Å². The van der Waals surface area contributed by atoms with Crippen molar-refractivity contribution in [3.05, 3.63) is 35.9 Å². The van der Waals surface area contributed by atoms with Crippen LogP contribution in [0.2, 0.25) is 0 Å². The molecule has 0 amide bonds. The number of nitrogens with one attached hydrogen (secondary N) is 1. The molecule has 0 spiro atoms. The van der Waals surface area contributed by atoms with Crippen molar-refractivity contribution in [2.24, 2.45) is 0 Å². The molecule has 0 aliphatic heterocycles. The van der Waals surface area contributed by atoms with Gasteiger partial charge in [0.15, 0.2) is 0 Å². The lowest BCUT2D eigenvalue weighted by molar-refractivity contribution is -0.147. The number of carbonyl (C=O) groups is 1. The van der Waals surface area contributed by atoms with Gasteiger partial charge in [0.2, 0.25) is 0 Å². The highest BCUT2D eigenvalue weighted by Gasteiger charge is 2.22. The summed E-state index contributed by atoms with van der Waals surface area (Å²) in [6, 6.07) is 10.3. The number of rotatable bonds is 5. The van der Waals surface area contributed by atoms with Crippen LogP contribution in [0.1, 0.15) is 31.4 Å². The van der Waals surface area contributed by atoms with Gasteiger partial charge >= 0.3 is 5.97 Å². The van der Waals surface area contributed by atoms with E-state index in [0.29, 0.717) is 12.6 Å². The molecular weight excluding hydrogens is 202 g/mol. The molecule has 3 nitrogen and oxygen atoms in total. The van der Waals surface area contributed by atoms with Gasteiger partial charge in [-0.05, 0) is 25.3 Å². The van der Waals surface area contributed by atoms with Crippen molar-refractivity contribution in [1.29, 1.82) is 0 Å². The SMILES string of the molecule is CC(OC(=O)CNC1CC1)c1ccccc1. The maximum Gasteiger partial charge on any atom is 0.320 e. The van der Waals surface area contributed by atoms with Crippen LogP contribution in [-0.2, 0) is 9.53 Å². The molecule has 1 unspecified atom stereocenters. The summed E-state index contributed by atoms with van der Waals surface area (Å²) in [5.74, 6) is -0.178. The summed E-state index contributed by atoms with van der Waals surface area (Å²) < 4.78 is 5.31. The first-order valence-electron chi connectivity index (χ1n) is 5.73. The number of benzene rings is 1. The van der Waals surface area contributed by atoms with Gasteiger partial charge in [-0.2, -0.15) is 0 Å². The van der Waals surface area contributed by atoms with E-state index in [2.05, 4.69) is 5.32 Å². The molecule has 1 N–H and O–H groups in total. The minimum absolute atomic E-state index is 0.172. The van der Waals surface area contributed by atoms with Crippen molar-refractivity contribution < 1.29 is 9.53 Å². The second kappa shape index (κ2) is 5.12. The standard InChI is InChI=1S/C13H17NO2/c1-10(11-5-3-2-4-6-11)16-13(15)9-14-12-7-8-12/h2-6,10,12,14H,7-9H2,1H3. The van der Waals surface area contributed by atoms with Gasteiger partial charge in [0.1, 0.15) is 6.10 Å². The lowest BCUT2D eigenvalue weighted by Gasteiger charge is -2.13. The van der Waals surface area contributed by atoms with Crippen molar-refractivity contribution in [3.8, 4) is 0 Å². The minimum atomic E-state index is -0.178. The van der Waals surface area contributed by atoms with Crippen molar-refractivity contribution in [2.45, 2.75) is 31.9 Å². The van der Waals surface area contributed by atoms with E-state index in [1.54, 1.807) is 0 Å². The van der Waals surface area contributed by atoms with Crippen LogP contribution in [0.5, 0.6) is 0 Å². The smallest absolute Gasteiger partial charge is 0.320 e. The molecule has 1 aliphatic carbocycles. The van der Waals surface area contributed by atoms with E-state index in [-0.39, 0.29) is 12.1 Å². The van der Waals surface area contributed by atoms with E-state index < -0.39 is 0 Å². The monoisotopic (exact) mass is 219 g/mol. The first-order chi connectivity index (χ1) is 7.75. The van der Waals surface area contributed by atoms with Crippen LogP contribution >= 0.6 is 0 Å². The fourth-order valence-corrected chi connectivity index (χ4v) is 1.55. The molecule has 0 aromatic heterocycles. The Morgan fingerprint density at radius 3 is 2.75 bits per heavy atom. The van der Waals surface area contributed by atoms with Gasteiger partial charge in [-0.1, -0.05) is 30.3 Å². The highest BCUT2D eigenvalue weighted by molar-refractivity contribution is 5.72. The Kier molecular flexibility index (Phi) is 3.57. The topological polar surface area (TPSA) is 38.3 Å². The quantitative estimate of drug-likeness (QED) is 0.770. The Labute approximate surface area is 95.8 Å². The van der Waals surface area contributed by atoms with Crippen LogP contribution in [-0.4, -0.2) is 18.6 Å². The predicted octanol–water partition coefficient (Wildman–Crippen LogP) is 2.04. The summed E-state index contributed by atoms with van der Waals surface area (Å²) in [6.07, 6.45) is 2.19. The Balaban J connectivity index is 1.77. The van der Waals surface area contributed by atoms with Crippen molar-refractivity contribution >= 4 is 5.97 Å². The molecule has 0 bridgehead atoms. The molecule has 1 aromatic carbocycles. The fourth-order valence-electron chi connectivity index (χ4n) is 1.55. The molecular formula is C13H17NO2. The zero-order chi connectivity index (χ0) is 11.4. The van der Waals surface area contributed by atoms with Crippen LogP contribution in [0.25, 0.3) is 0 Å². The molecule has 1 saturated carbocycles. The van der Waals surface area contributed by atoms with Gasteiger partial charge in [0.25, 0.3) is 0 Å². The molecule has 0 heterocycles. The number of hydrogen-bond donors (Lipinski definition) is 1. The Morgan fingerprint density at radius 2 is 2.12 bits per heavy atom. The molecule has 86 valence electrons. The summed E-state index contributed by atoms with van der Waals surface area (Å²) >= 11 is 0. The summed E-state index contributed by atoms with van der Waals surface area (Å²) in [6.45, 7) is 2.21. The summed E-state index contributed by atoms with van der Waals surface area (Å²) in [5.41, 5.74) is 1.03. The van der Waals surface area contributed by atoms with Gasteiger partial charge < -0.3 is 10.1 Å². The molecule has 1 atom stereocenters. The van der Waals surface area contributed by atoms with E-state index >= 15 is 0 Å². The average molecular weight is 219 g/mol. The summed E-state index contributed by atoms with van der Waals surface area (Å²) in [5, 5.41) is 3.14. The molecule has 1 aromatic rings. The second-order valence-corrected chi connectivity index (χ2v) is 4.20. The molecule has 0 saturated heterocycles. The first kappa shape index (κ1) is 11.1. The minimum Gasteiger partial charge on any atom is -0.457 e. The number of esters is 1. The normalized spacial score (nSPS) is 16.8. The molecule has 1 fully saturated rings. The van der Waals surface area contributed by atoms with Crippen LogP contribution in [0, 0.1) is 0 Å². The highest BCUT2D eigenvalue weighted by atomic mass is 16.5. The molecule has 1 aliphatic rings. The largest absolute Gasteiger partial charge is 0.457 e. The van der Waals surface area contributed by atoms with E-state index in [9.17, 15) is 4.79 Å². The number of hydrogen-bond acceptors (Lipinski definition) is 3. The van der Waals surface area contributed by atoms with Gasteiger partial charge in [-0.15, -0.1) is 0 Å². The molecule has 0 radical (unpaired) electrons. The lowest BCUT2D eigenvalue weighted by Crippen LogP contribution is -2.27. The molecule has 3 heteroatoms. The average Bonchev–Trinajstić information content (AvgIpc) is 3.11. The fraction of sp³-hybridized carbons (Fsp3) is 0.462. The Hall–Kier alpha value is -1.35. The second-order valence-electron chi connectivity index (χ2n) is 4.20. The molecule has 2 rings (SSSR count). The van der Waals surface area contributed by atoms with Gasteiger partial charge in [-0.3, -0.25) is 4.79 Å². The maximum atomic E-state index is 11.5. The zero-order valence-electron chi connectivity index (χ0n) is 9.48. The lowest BCUT2D eigenvalue weighted by atomic mass is 10.1. The van der Waals surface area contributed by atoms with Crippen molar-refractivity contribution in [1.82, 2.24) is 5.32 Å². The van der Waals surface area contributed by atoms with Gasteiger partial charge in [0, 0.05) is 6.04 Å². The molecule has 16 heavy (non-hydrogen) atoms. The third-order valence-electron chi connectivity index (χ3n) is 2.69. The van der Waals surface area contributed by atoms with Gasteiger partial charge in [0.05, 0.1) is 6.54 Å². The summed E-state index contributed by atoms with van der Waals surface area (Å²) in [7, 11) is 0. The van der Waals surface area contributed by atoms with E-state index in [4.69, 9.17) is 4.74 Å². The van der Waals surface area contributed by atoms with Crippen molar-refractivity contribution in [2.75, 3.05) is 6.54 Å². The third-order valence-corrected chi connectivity index (χ3v) is 2.69. The third kappa shape index (κ3) is 3.35. The van der Waals surface area contributed by atoms with Crippen LogP contribution in [0.3, 0.4) is 0 Å². The van der Waals surface area contributed by atoms with E-state index in [1.165, 1.54) is 12.8 Å². The number of ether oxygens (including phenoxy) is 1. The van der Waals surface area contributed by atoms with E-state index in [1.807, 2.05) is 37.3 Å². The van der Waals surface area contributed by atoms with Crippen molar-refractivity contribution in [3.63, 3.8) is 0 Å². The Morgan fingerprint density at radius 1 is 1.44 bits per heavy atom. The van der Waals surface area contributed by atoms with Crippen LogP contribution in [0.15, 0.2) is 30.3 Å². The van der Waals surface area contributed by atoms with Crippen LogP contribution in [0.4, 0.5) is 0 Å². The maximum absolute atomic E-state index is 11.5. The van der Waals surface area contributed by atoms with E-state index in [0.717, 1.165) is 5.56 Å². The predicted molar refractivity (Wildman–Crippen MR) is 62.0 cm³/mol. The first-order valence-corrected chi connectivity index (χ1v) is 5.73. The van der Waals surface area contributed by atoms with Crippen LogP contribution < -0.4 is 5.32 Å². The summed E-state index contributed by atoms with van der Waals surface area (Å²) in [4.78, 5) is 11.5. The number of carbonyl (C=O) groups excluding carboxylic acids is 1. The highest BCUT2D eigenvalue weighted by Crippen LogP contribution is 2.19. The zero-order valence-corrected chi connectivity index (χ0v) is 9.48.